The molecule has 0 aliphatic heterocycles. The van der Waals surface area contributed by atoms with Crippen LogP contribution in [0.3, 0.4) is 0 Å². The average Bonchev–Trinajstić information content (AvgIpc) is 3.20. The van der Waals surface area contributed by atoms with E-state index in [-0.39, 0.29) is 17.0 Å². The topological polar surface area (TPSA) is 87.5 Å². The zero-order valence-corrected chi connectivity index (χ0v) is 20.9. The summed E-state index contributed by atoms with van der Waals surface area (Å²) in [7, 11) is 4.75. The molecule has 1 heterocycles. The van der Waals surface area contributed by atoms with E-state index in [1.54, 1.807) is 57.2 Å². The highest BCUT2D eigenvalue weighted by Gasteiger charge is 2.21. The molecule has 0 radical (unpaired) electrons. The Morgan fingerprint density at radius 3 is 2.18 bits per heavy atom. The Morgan fingerprint density at radius 1 is 0.939 bits per heavy atom. The van der Waals surface area contributed by atoms with Gasteiger partial charge in [-0.25, -0.2) is 4.68 Å². The van der Waals surface area contributed by atoms with Crippen LogP contribution in [-0.4, -0.2) is 42.2 Å². The third-order valence-corrected chi connectivity index (χ3v) is 4.99. The Kier molecular flexibility index (Phi) is 8.45. The molecule has 0 spiro atoms. The van der Waals surface area contributed by atoms with E-state index < -0.39 is 0 Å². The number of carbonyl (C=O) groups excluding carboxylic acids is 1. The molecule has 1 amide bonds. The number of anilines is 1. The molecule has 8 heteroatoms. The van der Waals surface area contributed by atoms with E-state index in [2.05, 4.69) is 36.4 Å². The van der Waals surface area contributed by atoms with Crippen LogP contribution in [-0.2, 0) is 5.41 Å². The molecule has 0 saturated heterocycles. The van der Waals surface area contributed by atoms with Gasteiger partial charge in [0, 0.05) is 17.8 Å². The molecule has 178 valence electrons. The summed E-state index contributed by atoms with van der Waals surface area (Å²) in [4.78, 5) is 13.0. The number of rotatable bonds is 6. The van der Waals surface area contributed by atoms with Crippen LogP contribution >= 0.6 is 0 Å². The van der Waals surface area contributed by atoms with Gasteiger partial charge in [0.05, 0.1) is 27.0 Å². The molecule has 33 heavy (non-hydrogen) atoms. The van der Waals surface area contributed by atoms with Gasteiger partial charge in [-0.2, -0.15) is 0 Å². The summed E-state index contributed by atoms with van der Waals surface area (Å²) in [5.41, 5.74) is 2.98. The first-order valence-corrected chi connectivity index (χ1v) is 10.8. The second-order valence-electron chi connectivity index (χ2n) is 8.13. The SMILES string of the molecule is CC.COc1cc(NC(=O)c2nnn(-c3cc(OC)ccc3OC)c2C)cc(C(C)(C)C)c1. The van der Waals surface area contributed by atoms with Crippen molar-refractivity contribution < 1.29 is 19.0 Å². The summed E-state index contributed by atoms with van der Waals surface area (Å²) in [6.07, 6.45) is 0. The molecule has 1 N–H and O–H groups in total. The van der Waals surface area contributed by atoms with Gasteiger partial charge in [0.1, 0.15) is 22.9 Å². The number of hydrogen-bond donors (Lipinski definition) is 1. The molecule has 0 fully saturated rings. The van der Waals surface area contributed by atoms with Crippen LogP contribution in [0.4, 0.5) is 5.69 Å². The van der Waals surface area contributed by atoms with Crippen molar-refractivity contribution in [2.24, 2.45) is 0 Å². The van der Waals surface area contributed by atoms with E-state index in [0.29, 0.717) is 34.3 Å². The van der Waals surface area contributed by atoms with E-state index in [9.17, 15) is 4.79 Å². The number of hydrogen-bond acceptors (Lipinski definition) is 6. The standard InChI is InChI=1S/C23H28N4O4.C2H6/c1-14-21(25-26-27(14)19-13-17(29-5)8-9-20(19)31-7)22(28)24-16-10-15(23(2,3)4)11-18(12-16)30-6;1-2/h8-13H,1-7H3,(H,24,28);1-2H3. The Hall–Kier alpha value is -3.55. The fourth-order valence-corrected chi connectivity index (χ4v) is 3.14. The van der Waals surface area contributed by atoms with Crippen LogP contribution in [0.1, 0.15) is 56.4 Å². The number of benzene rings is 2. The fraction of sp³-hybridized carbons (Fsp3) is 0.400. The normalized spacial score (nSPS) is 10.7. The molecule has 2 aromatic carbocycles. The minimum Gasteiger partial charge on any atom is -0.497 e. The third-order valence-electron chi connectivity index (χ3n) is 4.99. The molecular weight excluding hydrogens is 420 g/mol. The van der Waals surface area contributed by atoms with E-state index in [4.69, 9.17) is 14.2 Å². The third kappa shape index (κ3) is 5.83. The number of ether oxygens (including phenoxy) is 3. The van der Waals surface area contributed by atoms with Crippen molar-refractivity contribution in [3.05, 3.63) is 53.3 Å². The summed E-state index contributed by atoms with van der Waals surface area (Å²) in [5, 5.41) is 11.2. The Morgan fingerprint density at radius 2 is 1.61 bits per heavy atom. The van der Waals surface area contributed by atoms with E-state index >= 15 is 0 Å². The summed E-state index contributed by atoms with van der Waals surface area (Å²) in [6, 6.07) is 11.0. The van der Waals surface area contributed by atoms with Crippen LogP contribution in [0, 0.1) is 6.92 Å². The van der Waals surface area contributed by atoms with E-state index in [1.165, 1.54) is 0 Å². The van der Waals surface area contributed by atoms with Gasteiger partial charge in [-0.1, -0.05) is 39.8 Å². The fourth-order valence-electron chi connectivity index (χ4n) is 3.14. The van der Waals surface area contributed by atoms with Crippen LogP contribution < -0.4 is 19.5 Å². The molecule has 3 aromatic rings. The van der Waals surface area contributed by atoms with E-state index in [0.717, 1.165) is 5.56 Å². The lowest BCUT2D eigenvalue weighted by molar-refractivity contribution is 0.102. The lowest BCUT2D eigenvalue weighted by Crippen LogP contribution is -2.16. The van der Waals surface area contributed by atoms with Gasteiger partial charge in [0.25, 0.3) is 5.91 Å². The minimum absolute atomic E-state index is 0.101. The lowest BCUT2D eigenvalue weighted by atomic mass is 9.86. The van der Waals surface area contributed by atoms with Crippen molar-refractivity contribution in [1.29, 1.82) is 0 Å². The van der Waals surface area contributed by atoms with E-state index in [1.807, 2.05) is 26.0 Å². The zero-order chi connectivity index (χ0) is 24.8. The van der Waals surface area contributed by atoms with Gasteiger partial charge in [-0.3, -0.25) is 4.79 Å². The molecule has 8 nitrogen and oxygen atoms in total. The molecular formula is C25H34N4O4. The van der Waals surface area contributed by atoms with Crippen LogP contribution in [0.5, 0.6) is 17.2 Å². The Bertz CT molecular complexity index is 1100. The van der Waals surface area contributed by atoms with Gasteiger partial charge >= 0.3 is 0 Å². The monoisotopic (exact) mass is 454 g/mol. The number of nitrogens with zero attached hydrogens (tertiary/aromatic N) is 3. The maximum Gasteiger partial charge on any atom is 0.278 e. The van der Waals surface area contributed by atoms with Gasteiger partial charge in [-0.05, 0) is 42.2 Å². The predicted molar refractivity (Wildman–Crippen MR) is 130 cm³/mol. The maximum atomic E-state index is 13.0. The second-order valence-corrected chi connectivity index (χ2v) is 8.13. The maximum absolute atomic E-state index is 13.0. The lowest BCUT2D eigenvalue weighted by Gasteiger charge is -2.21. The van der Waals surface area contributed by atoms with Gasteiger partial charge in [-0.15, -0.1) is 5.10 Å². The number of amides is 1. The summed E-state index contributed by atoms with van der Waals surface area (Å²) in [6.45, 7) is 12.1. The van der Waals surface area contributed by atoms with Crippen molar-refractivity contribution in [3.63, 3.8) is 0 Å². The molecule has 0 atom stereocenters. The predicted octanol–water partition coefficient (Wildman–Crippen LogP) is 5.18. The molecule has 0 unspecified atom stereocenters. The summed E-state index contributed by atoms with van der Waals surface area (Å²) >= 11 is 0. The summed E-state index contributed by atoms with van der Waals surface area (Å²) in [5.74, 6) is 1.54. The van der Waals surface area contributed by atoms with Crippen LogP contribution in [0.25, 0.3) is 5.69 Å². The number of carbonyl (C=O) groups is 1. The first kappa shape index (κ1) is 25.7. The van der Waals surface area contributed by atoms with Crippen molar-refractivity contribution in [3.8, 4) is 22.9 Å². The Balaban J connectivity index is 0.00000187. The molecule has 0 aliphatic carbocycles. The minimum atomic E-state index is -0.362. The largest absolute Gasteiger partial charge is 0.497 e. The highest BCUT2D eigenvalue weighted by atomic mass is 16.5. The molecule has 0 saturated carbocycles. The van der Waals surface area contributed by atoms with Crippen LogP contribution in [0.2, 0.25) is 0 Å². The first-order chi connectivity index (χ1) is 15.7. The highest BCUT2D eigenvalue weighted by Crippen LogP contribution is 2.31. The summed E-state index contributed by atoms with van der Waals surface area (Å²) < 4.78 is 17.7. The zero-order valence-electron chi connectivity index (χ0n) is 20.9. The van der Waals surface area contributed by atoms with Gasteiger partial charge < -0.3 is 19.5 Å². The smallest absolute Gasteiger partial charge is 0.278 e. The van der Waals surface area contributed by atoms with Gasteiger partial charge in [0.2, 0.25) is 0 Å². The highest BCUT2D eigenvalue weighted by molar-refractivity contribution is 6.03. The number of aromatic nitrogens is 3. The first-order valence-electron chi connectivity index (χ1n) is 10.8. The Labute approximate surface area is 195 Å². The second kappa shape index (κ2) is 10.8. The van der Waals surface area contributed by atoms with Crippen LogP contribution in [0.15, 0.2) is 36.4 Å². The quantitative estimate of drug-likeness (QED) is 0.552. The number of nitrogens with one attached hydrogen (secondary N) is 1. The van der Waals surface area contributed by atoms with Crippen molar-refractivity contribution in [2.75, 3.05) is 26.6 Å². The van der Waals surface area contributed by atoms with Crippen molar-refractivity contribution >= 4 is 11.6 Å². The molecule has 1 aromatic heterocycles. The average molecular weight is 455 g/mol. The van der Waals surface area contributed by atoms with Crippen molar-refractivity contribution in [2.45, 2.75) is 47.0 Å². The molecule has 0 aliphatic rings. The molecule has 3 rings (SSSR count). The van der Waals surface area contributed by atoms with Crippen molar-refractivity contribution in [1.82, 2.24) is 15.0 Å². The van der Waals surface area contributed by atoms with Gasteiger partial charge in [0.15, 0.2) is 5.69 Å². The number of methoxy groups -OCH3 is 3. The molecule has 0 bridgehead atoms.